The summed E-state index contributed by atoms with van der Waals surface area (Å²) in [6.45, 7) is 6.44. The van der Waals surface area contributed by atoms with Crippen molar-refractivity contribution in [3.05, 3.63) is 12.2 Å². The largest absolute Gasteiger partial charge is 0.481 e. The van der Waals surface area contributed by atoms with E-state index in [1.807, 2.05) is 0 Å². The van der Waals surface area contributed by atoms with E-state index in [-0.39, 0.29) is 23.7 Å². The molecule has 0 amide bonds. The summed E-state index contributed by atoms with van der Waals surface area (Å²) < 4.78 is -0.684. The second kappa shape index (κ2) is 6.49. The van der Waals surface area contributed by atoms with Crippen LogP contribution in [0.15, 0.2) is 12.2 Å². The van der Waals surface area contributed by atoms with Crippen LogP contribution < -0.4 is 0 Å². The Balaban J connectivity index is 2.24. The van der Waals surface area contributed by atoms with Crippen molar-refractivity contribution in [1.29, 1.82) is 0 Å². The van der Waals surface area contributed by atoms with Crippen molar-refractivity contribution >= 4 is 34.5 Å². The highest BCUT2D eigenvalue weighted by Crippen LogP contribution is 2.61. The van der Waals surface area contributed by atoms with Crippen LogP contribution in [0.25, 0.3) is 0 Å². The second-order valence-corrected chi connectivity index (χ2v) is 9.04. The van der Waals surface area contributed by atoms with Crippen LogP contribution in [0.1, 0.15) is 58.3 Å². The van der Waals surface area contributed by atoms with Gasteiger partial charge in [0.1, 0.15) is 3.42 Å². The summed E-state index contributed by atoms with van der Waals surface area (Å²) in [5, 5.41) is 18.6. The Morgan fingerprint density at radius 3 is 2.64 bits per heavy atom. The van der Waals surface area contributed by atoms with Crippen molar-refractivity contribution in [2.24, 2.45) is 17.3 Å². The number of halogens is 1. The maximum absolute atomic E-state index is 11.9. The SMILES string of the molecule is C=C1CCC2[C@](C)(CCC[C@]2(I)C(=O)O)[C@H]1CCCC(=O)O. The maximum Gasteiger partial charge on any atom is 0.319 e. The molecule has 5 heteroatoms. The van der Waals surface area contributed by atoms with Gasteiger partial charge in [-0.25, -0.2) is 0 Å². The fourth-order valence-electron chi connectivity index (χ4n) is 4.79. The Hall–Kier alpha value is -0.590. The van der Waals surface area contributed by atoms with Crippen LogP contribution >= 0.6 is 22.6 Å². The lowest BCUT2D eigenvalue weighted by molar-refractivity contribution is -0.146. The Morgan fingerprint density at radius 2 is 2.05 bits per heavy atom. The fraction of sp³-hybridized carbons (Fsp3) is 0.765. The topological polar surface area (TPSA) is 74.6 Å². The van der Waals surface area contributed by atoms with Crippen molar-refractivity contribution in [2.75, 3.05) is 0 Å². The normalized spacial score (nSPS) is 38.4. The molecular weight excluding hydrogens is 395 g/mol. The van der Waals surface area contributed by atoms with Crippen LogP contribution in [-0.2, 0) is 9.59 Å². The van der Waals surface area contributed by atoms with Crippen LogP contribution in [0.4, 0.5) is 0 Å². The summed E-state index contributed by atoms with van der Waals surface area (Å²) in [7, 11) is 0. The van der Waals surface area contributed by atoms with E-state index in [2.05, 4.69) is 36.1 Å². The number of allylic oxidation sites excluding steroid dienone is 1. The first-order valence-electron chi connectivity index (χ1n) is 8.03. The van der Waals surface area contributed by atoms with Crippen molar-refractivity contribution in [3.8, 4) is 0 Å². The lowest BCUT2D eigenvalue weighted by Crippen LogP contribution is -2.55. The van der Waals surface area contributed by atoms with Crippen LogP contribution in [0.2, 0.25) is 0 Å². The third kappa shape index (κ3) is 3.05. The Morgan fingerprint density at radius 1 is 1.36 bits per heavy atom. The van der Waals surface area contributed by atoms with E-state index in [1.165, 1.54) is 5.57 Å². The van der Waals surface area contributed by atoms with Gasteiger partial charge in [0.15, 0.2) is 0 Å². The summed E-state index contributed by atoms with van der Waals surface area (Å²) in [6.07, 6.45) is 6.07. The molecule has 0 aromatic rings. The van der Waals surface area contributed by atoms with Gasteiger partial charge in [-0.2, -0.15) is 0 Å². The van der Waals surface area contributed by atoms with Gasteiger partial charge in [0.2, 0.25) is 0 Å². The maximum atomic E-state index is 11.9. The second-order valence-electron chi connectivity index (χ2n) is 7.12. The van der Waals surface area contributed by atoms with Gasteiger partial charge < -0.3 is 10.2 Å². The van der Waals surface area contributed by atoms with Gasteiger partial charge >= 0.3 is 11.9 Å². The van der Waals surface area contributed by atoms with Gasteiger partial charge in [0, 0.05) is 6.42 Å². The fourth-order valence-corrected chi connectivity index (χ4v) is 6.19. The van der Waals surface area contributed by atoms with Crippen molar-refractivity contribution < 1.29 is 19.8 Å². The van der Waals surface area contributed by atoms with Gasteiger partial charge in [-0.1, -0.05) is 48.1 Å². The molecule has 0 aromatic heterocycles. The van der Waals surface area contributed by atoms with Gasteiger partial charge in [0.05, 0.1) is 0 Å². The smallest absolute Gasteiger partial charge is 0.319 e. The molecule has 0 spiro atoms. The molecule has 2 aliphatic rings. The Kier molecular flexibility index (Phi) is 5.24. The van der Waals surface area contributed by atoms with Crippen LogP contribution in [0, 0.1) is 17.3 Å². The van der Waals surface area contributed by atoms with Crippen LogP contribution in [-0.4, -0.2) is 25.6 Å². The zero-order chi connectivity index (χ0) is 16.5. The lowest BCUT2D eigenvalue weighted by Gasteiger charge is -2.56. The predicted octanol–water partition coefficient (Wildman–Crippen LogP) is 4.27. The van der Waals surface area contributed by atoms with Crippen LogP contribution in [0.3, 0.4) is 0 Å². The molecular formula is C17H25IO4. The Labute approximate surface area is 145 Å². The highest BCUT2D eigenvalue weighted by molar-refractivity contribution is 14.1. The number of carboxylic acids is 2. The standard InChI is InChI=1S/C17H25IO4/c1-11-7-8-13-16(2,12(11)5-3-6-14(19)20)9-4-10-17(13,18)15(21)22/h12-13H,1,3-10H2,2H3,(H,19,20)(H,21,22)/t12-,13?,16+,17+/m0/s1. The monoisotopic (exact) mass is 420 g/mol. The first-order chi connectivity index (χ1) is 10.2. The number of aliphatic carboxylic acids is 2. The van der Waals surface area contributed by atoms with E-state index in [1.54, 1.807) is 0 Å². The molecule has 2 N–H and O–H groups in total. The molecule has 0 heterocycles. The lowest BCUT2D eigenvalue weighted by atomic mass is 9.50. The minimum atomic E-state index is -0.763. The third-order valence-electron chi connectivity index (χ3n) is 5.89. The molecule has 0 aromatic carbocycles. The number of carbonyl (C=O) groups is 2. The number of rotatable bonds is 5. The molecule has 4 atom stereocenters. The van der Waals surface area contributed by atoms with E-state index in [0.29, 0.717) is 6.42 Å². The summed E-state index contributed by atoms with van der Waals surface area (Å²) >= 11 is 2.17. The van der Waals surface area contributed by atoms with Gasteiger partial charge in [-0.15, -0.1) is 0 Å². The molecule has 124 valence electrons. The molecule has 2 rings (SSSR count). The van der Waals surface area contributed by atoms with Gasteiger partial charge in [0.25, 0.3) is 0 Å². The molecule has 2 fully saturated rings. The first kappa shape index (κ1) is 17.8. The van der Waals surface area contributed by atoms with E-state index >= 15 is 0 Å². The summed E-state index contributed by atoms with van der Waals surface area (Å²) in [4.78, 5) is 22.6. The summed E-state index contributed by atoms with van der Waals surface area (Å²) in [5.41, 5.74) is 1.13. The highest BCUT2D eigenvalue weighted by Gasteiger charge is 2.58. The molecule has 2 aliphatic carbocycles. The number of hydrogen-bond donors (Lipinski definition) is 2. The van der Waals surface area contributed by atoms with Crippen molar-refractivity contribution in [3.63, 3.8) is 0 Å². The van der Waals surface area contributed by atoms with E-state index in [0.717, 1.165) is 38.5 Å². The average Bonchev–Trinajstić information content (AvgIpc) is 2.41. The van der Waals surface area contributed by atoms with Gasteiger partial charge in [-0.3, -0.25) is 9.59 Å². The zero-order valence-electron chi connectivity index (χ0n) is 13.1. The molecule has 0 bridgehead atoms. The van der Waals surface area contributed by atoms with Gasteiger partial charge in [-0.05, 0) is 55.8 Å². The molecule has 0 aliphatic heterocycles. The average molecular weight is 420 g/mol. The van der Waals surface area contributed by atoms with Crippen LogP contribution in [0.5, 0.6) is 0 Å². The third-order valence-corrected chi connectivity index (χ3v) is 7.64. The quantitative estimate of drug-likeness (QED) is 0.396. The molecule has 22 heavy (non-hydrogen) atoms. The minimum Gasteiger partial charge on any atom is -0.481 e. The number of alkyl halides is 1. The number of fused-ring (bicyclic) bond motifs is 1. The first-order valence-corrected chi connectivity index (χ1v) is 9.11. The van der Waals surface area contributed by atoms with Crippen molar-refractivity contribution in [1.82, 2.24) is 0 Å². The summed E-state index contributed by atoms with van der Waals surface area (Å²) in [6, 6.07) is 0. The molecule has 4 nitrogen and oxygen atoms in total. The van der Waals surface area contributed by atoms with E-state index < -0.39 is 15.4 Å². The van der Waals surface area contributed by atoms with E-state index in [9.17, 15) is 14.7 Å². The summed E-state index contributed by atoms with van der Waals surface area (Å²) in [5.74, 6) is -1.06. The Bertz CT molecular complexity index is 489. The predicted molar refractivity (Wildman–Crippen MR) is 93.2 cm³/mol. The molecule has 1 unspecified atom stereocenters. The zero-order valence-corrected chi connectivity index (χ0v) is 15.3. The minimum absolute atomic E-state index is 0.0638. The molecule has 2 saturated carbocycles. The number of carboxylic acid groups (broad SMARTS) is 2. The van der Waals surface area contributed by atoms with Crippen molar-refractivity contribution in [2.45, 2.75) is 61.7 Å². The highest BCUT2D eigenvalue weighted by atomic mass is 127. The molecule has 0 radical (unpaired) electrons. The van der Waals surface area contributed by atoms with E-state index in [4.69, 9.17) is 5.11 Å². The molecule has 0 saturated heterocycles. The number of hydrogen-bond acceptors (Lipinski definition) is 2.